The molecule has 0 atom stereocenters. The maximum Gasteiger partial charge on any atom is 0.321 e. The van der Waals surface area contributed by atoms with Crippen LogP contribution in [0.15, 0.2) is 42.7 Å². The van der Waals surface area contributed by atoms with Crippen molar-refractivity contribution >= 4 is 45.9 Å². The Labute approximate surface area is 136 Å². The van der Waals surface area contributed by atoms with E-state index in [-0.39, 0.29) is 6.03 Å². The number of aromatic nitrogens is 1. The minimum absolute atomic E-state index is 0.163. The summed E-state index contributed by atoms with van der Waals surface area (Å²) in [5, 5.41) is 3.54. The highest BCUT2D eigenvalue weighted by atomic mass is 127. The molecule has 0 fully saturated rings. The van der Waals surface area contributed by atoms with E-state index in [0.29, 0.717) is 11.6 Å². The van der Waals surface area contributed by atoms with Gasteiger partial charge in [0.25, 0.3) is 0 Å². The lowest BCUT2D eigenvalue weighted by molar-refractivity contribution is 0.220. The van der Waals surface area contributed by atoms with E-state index in [2.05, 4.69) is 32.9 Å². The molecule has 0 aliphatic rings. The number of anilines is 1. The number of hydrogen-bond donors (Lipinski definition) is 1. The first kappa shape index (κ1) is 15.1. The Balaban J connectivity index is 1.99. The molecule has 1 aromatic carbocycles. The topological polar surface area (TPSA) is 45.2 Å². The largest absolute Gasteiger partial charge is 0.323 e. The third-order valence-corrected chi connectivity index (χ3v) is 3.81. The Hall–Kier alpha value is -1.34. The molecular weight excluding hydrogens is 389 g/mol. The molecule has 0 aliphatic heterocycles. The lowest BCUT2D eigenvalue weighted by Crippen LogP contribution is -2.31. The van der Waals surface area contributed by atoms with E-state index in [1.165, 1.54) is 0 Å². The van der Waals surface area contributed by atoms with E-state index in [9.17, 15) is 4.79 Å². The maximum absolute atomic E-state index is 12.1. The second-order valence-electron chi connectivity index (χ2n) is 4.27. The molecule has 104 valence electrons. The van der Waals surface area contributed by atoms with Gasteiger partial charge in [0.1, 0.15) is 0 Å². The molecule has 0 saturated heterocycles. The van der Waals surface area contributed by atoms with Crippen LogP contribution in [-0.2, 0) is 6.54 Å². The zero-order valence-corrected chi connectivity index (χ0v) is 13.7. The van der Waals surface area contributed by atoms with Gasteiger partial charge in [-0.15, -0.1) is 0 Å². The van der Waals surface area contributed by atoms with Crippen LogP contribution in [0.25, 0.3) is 0 Å². The number of pyridine rings is 1. The zero-order valence-electron chi connectivity index (χ0n) is 10.8. The fourth-order valence-electron chi connectivity index (χ4n) is 1.62. The van der Waals surface area contributed by atoms with Crippen LogP contribution in [0.2, 0.25) is 5.02 Å². The van der Waals surface area contributed by atoms with Crippen molar-refractivity contribution in [2.75, 3.05) is 12.4 Å². The predicted molar refractivity (Wildman–Crippen MR) is 88.9 cm³/mol. The summed E-state index contributed by atoms with van der Waals surface area (Å²) in [7, 11) is 1.75. The van der Waals surface area contributed by atoms with Crippen molar-refractivity contribution in [3.8, 4) is 0 Å². The zero-order chi connectivity index (χ0) is 14.5. The van der Waals surface area contributed by atoms with E-state index in [1.54, 1.807) is 30.4 Å². The lowest BCUT2D eigenvalue weighted by atomic mass is 10.2. The fourth-order valence-corrected chi connectivity index (χ4v) is 2.22. The number of rotatable bonds is 3. The van der Waals surface area contributed by atoms with Gasteiger partial charge in [0.2, 0.25) is 0 Å². The Bertz CT molecular complexity index is 604. The van der Waals surface area contributed by atoms with E-state index < -0.39 is 0 Å². The van der Waals surface area contributed by atoms with Crippen LogP contribution in [0.1, 0.15) is 5.56 Å². The van der Waals surface area contributed by atoms with Gasteiger partial charge in [-0.3, -0.25) is 4.98 Å². The number of nitrogens with zero attached hydrogens (tertiary/aromatic N) is 2. The maximum atomic E-state index is 12.1. The van der Waals surface area contributed by atoms with Crippen LogP contribution in [0.5, 0.6) is 0 Å². The number of hydrogen-bond acceptors (Lipinski definition) is 2. The first-order valence-electron chi connectivity index (χ1n) is 5.92. The minimum atomic E-state index is -0.163. The quantitative estimate of drug-likeness (QED) is 0.790. The van der Waals surface area contributed by atoms with Crippen molar-refractivity contribution in [1.29, 1.82) is 0 Å². The van der Waals surface area contributed by atoms with E-state index >= 15 is 0 Å². The second kappa shape index (κ2) is 6.90. The molecule has 0 bridgehead atoms. The molecule has 20 heavy (non-hydrogen) atoms. The van der Waals surface area contributed by atoms with Gasteiger partial charge in [0, 0.05) is 31.0 Å². The number of carbonyl (C=O) groups excluding carboxylic acids is 1. The van der Waals surface area contributed by atoms with Crippen LogP contribution in [0, 0.1) is 3.57 Å². The van der Waals surface area contributed by atoms with Crippen molar-refractivity contribution in [3.05, 3.63) is 56.9 Å². The average molecular weight is 402 g/mol. The number of benzene rings is 1. The highest BCUT2D eigenvalue weighted by molar-refractivity contribution is 14.1. The summed E-state index contributed by atoms with van der Waals surface area (Å²) in [4.78, 5) is 17.7. The molecule has 2 rings (SSSR count). The molecule has 2 aromatic rings. The summed E-state index contributed by atoms with van der Waals surface area (Å²) in [5.41, 5.74) is 1.78. The molecule has 2 amide bonds. The summed E-state index contributed by atoms with van der Waals surface area (Å²) < 4.78 is 0.901. The van der Waals surface area contributed by atoms with Gasteiger partial charge in [-0.1, -0.05) is 23.7 Å². The van der Waals surface area contributed by atoms with Gasteiger partial charge >= 0.3 is 6.03 Å². The van der Waals surface area contributed by atoms with Crippen molar-refractivity contribution < 1.29 is 4.79 Å². The highest BCUT2D eigenvalue weighted by Crippen LogP contribution is 2.16. The Morgan fingerprint density at radius 1 is 1.35 bits per heavy atom. The summed E-state index contributed by atoms with van der Waals surface area (Å²) in [6, 6.07) is 9.05. The molecule has 6 heteroatoms. The summed E-state index contributed by atoms with van der Waals surface area (Å²) in [5.74, 6) is 0. The smallest absolute Gasteiger partial charge is 0.321 e. The highest BCUT2D eigenvalue weighted by Gasteiger charge is 2.10. The molecule has 0 radical (unpaired) electrons. The molecule has 0 aliphatic carbocycles. The molecule has 0 unspecified atom stereocenters. The number of halogens is 2. The number of nitrogens with one attached hydrogen (secondary N) is 1. The van der Waals surface area contributed by atoms with E-state index in [0.717, 1.165) is 14.8 Å². The molecule has 1 heterocycles. The van der Waals surface area contributed by atoms with Crippen LogP contribution in [0.3, 0.4) is 0 Å². The first-order valence-corrected chi connectivity index (χ1v) is 7.38. The second-order valence-corrected chi connectivity index (χ2v) is 5.87. The SMILES string of the molecule is CN(Cc1ccc(Cl)cc1)C(=O)Nc1ccncc1I. The van der Waals surface area contributed by atoms with Crippen molar-refractivity contribution in [2.24, 2.45) is 0 Å². The van der Waals surface area contributed by atoms with Gasteiger partial charge < -0.3 is 10.2 Å². The van der Waals surface area contributed by atoms with Gasteiger partial charge in [-0.25, -0.2) is 4.79 Å². The molecule has 1 aromatic heterocycles. The molecule has 0 spiro atoms. The third-order valence-electron chi connectivity index (χ3n) is 2.69. The fraction of sp³-hybridized carbons (Fsp3) is 0.143. The molecular formula is C14H13ClIN3O. The number of carbonyl (C=O) groups is 1. The number of urea groups is 1. The Kier molecular flexibility index (Phi) is 5.19. The summed E-state index contributed by atoms with van der Waals surface area (Å²) >= 11 is 7.97. The average Bonchev–Trinajstić information content (AvgIpc) is 2.44. The van der Waals surface area contributed by atoms with Crippen molar-refractivity contribution in [1.82, 2.24) is 9.88 Å². The number of amides is 2. The van der Waals surface area contributed by atoms with Crippen LogP contribution in [-0.4, -0.2) is 23.0 Å². The van der Waals surface area contributed by atoms with Crippen LogP contribution < -0.4 is 5.32 Å². The van der Waals surface area contributed by atoms with E-state index in [4.69, 9.17) is 11.6 Å². The first-order chi connectivity index (χ1) is 9.56. The van der Waals surface area contributed by atoms with Crippen LogP contribution >= 0.6 is 34.2 Å². The molecule has 0 saturated carbocycles. The Morgan fingerprint density at radius 2 is 2.05 bits per heavy atom. The molecule has 1 N–H and O–H groups in total. The summed E-state index contributed by atoms with van der Waals surface area (Å²) in [6.07, 6.45) is 3.35. The van der Waals surface area contributed by atoms with Gasteiger partial charge in [0.15, 0.2) is 0 Å². The van der Waals surface area contributed by atoms with Gasteiger partial charge in [-0.05, 0) is 46.4 Å². The Morgan fingerprint density at radius 3 is 2.70 bits per heavy atom. The molecule has 4 nitrogen and oxygen atoms in total. The monoisotopic (exact) mass is 401 g/mol. The van der Waals surface area contributed by atoms with Crippen molar-refractivity contribution in [3.63, 3.8) is 0 Å². The normalized spacial score (nSPS) is 10.2. The van der Waals surface area contributed by atoms with Crippen molar-refractivity contribution in [2.45, 2.75) is 6.54 Å². The van der Waals surface area contributed by atoms with E-state index in [1.807, 2.05) is 24.3 Å². The third kappa shape index (κ3) is 4.08. The predicted octanol–water partition coefficient (Wildman–Crippen LogP) is 4.00. The van der Waals surface area contributed by atoms with Crippen LogP contribution in [0.4, 0.5) is 10.5 Å². The summed E-state index contributed by atoms with van der Waals surface area (Å²) in [6.45, 7) is 0.519. The van der Waals surface area contributed by atoms with Gasteiger partial charge in [-0.2, -0.15) is 0 Å². The standard InChI is InChI=1S/C14H13ClIN3O/c1-19(9-10-2-4-11(15)5-3-10)14(20)18-13-6-7-17-8-12(13)16/h2-8H,9H2,1H3,(H,17,18,20). The van der Waals surface area contributed by atoms with Gasteiger partial charge in [0.05, 0.1) is 9.26 Å². The minimum Gasteiger partial charge on any atom is -0.323 e. The lowest BCUT2D eigenvalue weighted by Gasteiger charge is -2.18.